The second-order valence-electron chi connectivity index (χ2n) is 7.99. The lowest BCUT2D eigenvalue weighted by Gasteiger charge is -2.20. The Labute approximate surface area is 176 Å². The first-order valence-corrected chi connectivity index (χ1v) is 10.3. The van der Waals surface area contributed by atoms with Crippen LogP contribution in [0.5, 0.6) is 5.75 Å². The zero-order valence-corrected chi connectivity index (χ0v) is 17.0. The van der Waals surface area contributed by atoms with E-state index >= 15 is 0 Å². The average Bonchev–Trinajstić information content (AvgIpc) is 3.35. The van der Waals surface area contributed by atoms with Crippen LogP contribution >= 0.6 is 0 Å². The SMILES string of the molecule is Cn1cnc2ccc(-c3cccc(OC[C@H](O)CN4Cc5ccccc5C4)c3)cc21. The fourth-order valence-electron chi connectivity index (χ4n) is 4.15. The van der Waals surface area contributed by atoms with Crippen LogP contribution in [0.15, 0.2) is 73.1 Å². The van der Waals surface area contributed by atoms with Crippen LogP contribution in [0.2, 0.25) is 0 Å². The molecule has 4 aromatic rings. The molecule has 0 spiro atoms. The van der Waals surface area contributed by atoms with Crippen molar-refractivity contribution in [2.75, 3.05) is 13.2 Å². The number of benzene rings is 3. The third kappa shape index (κ3) is 3.82. The fraction of sp³-hybridized carbons (Fsp3) is 0.240. The molecular formula is C25H25N3O2. The topological polar surface area (TPSA) is 50.5 Å². The van der Waals surface area contributed by atoms with Crippen molar-refractivity contribution in [2.45, 2.75) is 19.2 Å². The molecule has 5 heteroatoms. The van der Waals surface area contributed by atoms with Gasteiger partial charge in [-0.3, -0.25) is 4.90 Å². The first kappa shape index (κ1) is 18.9. The summed E-state index contributed by atoms with van der Waals surface area (Å²) in [5.41, 5.74) is 6.99. The highest BCUT2D eigenvalue weighted by molar-refractivity contribution is 5.82. The van der Waals surface area contributed by atoms with Crippen molar-refractivity contribution in [1.82, 2.24) is 14.5 Å². The molecule has 0 saturated heterocycles. The Morgan fingerprint density at radius 1 is 0.967 bits per heavy atom. The second kappa shape index (κ2) is 7.94. The molecule has 1 aliphatic rings. The number of ether oxygens (including phenoxy) is 1. The van der Waals surface area contributed by atoms with Crippen molar-refractivity contribution in [2.24, 2.45) is 7.05 Å². The van der Waals surface area contributed by atoms with Crippen LogP contribution in [0.25, 0.3) is 22.2 Å². The van der Waals surface area contributed by atoms with Crippen molar-refractivity contribution in [3.63, 3.8) is 0 Å². The number of hydrogen-bond donors (Lipinski definition) is 1. The van der Waals surface area contributed by atoms with Gasteiger partial charge in [-0.05, 0) is 46.5 Å². The molecule has 1 atom stereocenters. The highest BCUT2D eigenvalue weighted by Crippen LogP contribution is 2.27. The Kier molecular flexibility index (Phi) is 4.99. The fourth-order valence-corrected chi connectivity index (χ4v) is 4.15. The second-order valence-corrected chi connectivity index (χ2v) is 7.99. The maximum absolute atomic E-state index is 10.5. The van der Waals surface area contributed by atoms with Gasteiger partial charge in [0.05, 0.1) is 17.4 Å². The Balaban J connectivity index is 1.22. The average molecular weight is 399 g/mol. The van der Waals surface area contributed by atoms with Crippen molar-refractivity contribution in [3.8, 4) is 16.9 Å². The molecule has 2 heterocycles. The van der Waals surface area contributed by atoms with Crippen LogP contribution in [0.1, 0.15) is 11.1 Å². The van der Waals surface area contributed by atoms with E-state index in [1.165, 1.54) is 11.1 Å². The molecule has 5 rings (SSSR count). The Morgan fingerprint density at radius 2 is 1.73 bits per heavy atom. The van der Waals surface area contributed by atoms with E-state index < -0.39 is 6.10 Å². The van der Waals surface area contributed by atoms with Gasteiger partial charge in [0.15, 0.2) is 0 Å². The minimum atomic E-state index is -0.534. The zero-order valence-electron chi connectivity index (χ0n) is 17.0. The molecule has 0 saturated carbocycles. The summed E-state index contributed by atoms with van der Waals surface area (Å²) in [4.78, 5) is 6.64. The molecule has 30 heavy (non-hydrogen) atoms. The molecular weight excluding hydrogens is 374 g/mol. The summed E-state index contributed by atoms with van der Waals surface area (Å²) in [6, 6.07) is 22.7. The summed E-state index contributed by atoms with van der Waals surface area (Å²) in [7, 11) is 2.00. The number of imidazole rings is 1. The number of β-amino-alcohol motifs (C(OH)–C–C–N with tert-alkyl or cyclic N) is 1. The van der Waals surface area contributed by atoms with Crippen LogP contribution in [-0.2, 0) is 20.1 Å². The molecule has 0 radical (unpaired) electrons. The summed E-state index contributed by atoms with van der Waals surface area (Å²) in [5, 5.41) is 10.5. The van der Waals surface area contributed by atoms with Crippen LogP contribution in [-0.4, -0.2) is 38.8 Å². The predicted molar refractivity (Wildman–Crippen MR) is 118 cm³/mol. The van der Waals surface area contributed by atoms with E-state index in [1.807, 2.05) is 42.2 Å². The minimum absolute atomic E-state index is 0.275. The van der Waals surface area contributed by atoms with Gasteiger partial charge in [0.25, 0.3) is 0 Å². The smallest absolute Gasteiger partial charge is 0.120 e. The van der Waals surface area contributed by atoms with Gasteiger partial charge in [-0.2, -0.15) is 0 Å². The number of aromatic nitrogens is 2. The van der Waals surface area contributed by atoms with Crippen LogP contribution < -0.4 is 4.74 Å². The van der Waals surface area contributed by atoms with Gasteiger partial charge in [-0.1, -0.05) is 42.5 Å². The van der Waals surface area contributed by atoms with E-state index in [2.05, 4.69) is 52.3 Å². The normalized spacial score (nSPS) is 14.7. The molecule has 3 aromatic carbocycles. The number of aliphatic hydroxyl groups is 1. The number of aryl methyl sites for hydroxylation is 1. The lowest BCUT2D eigenvalue weighted by molar-refractivity contribution is 0.0673. The zero-order chi connectivity index (χ0) is 20.5. The lowest BCUT2D eigenvalue weighted by Crippen LogP contribution is -2.32. The van der Waals surface area contributed by atoms with Crippen LogP contribution in [0, 0.1) is 0 Å². The molecule has 0 unspecified atom stereocenters. The minimum Gasteiger partial charge on any atom is -0.491 e. The van der Waals surface area contributed by atoms with Gasteiger partial charge < -0.3 is 14.4 Å². The molecule has 0 amide bonds. The summed E-state index contributed by atoms with van der Waals surface area (Å²) < 4.78 is 7.94. The first-order valence-electron chi connectivity index (χ1n) is 10.3. The third-order valence-electron chi connectivity index (χ3n) is 5.71. The quantitative estimate of drug-likeness (QED) is 0.533. The third-order valence-corrected chi connectivity index (χ3v) is 5.71. The Hall–Kier alpha value is -3.15. The number of fused-ring (bicyclic) bond motifs is 2. The summed E-state index contributed by atoms with van der Waals surface area (Å²) in [6.45, 7) is 2.65. The van der Waals surface area contributed by atoms with Crippen LogP contribution in [0.3, 0.4) is 0 Å². The number of aliphatic hydroxyl groups excluding tert-OH is 1. The lowest BCUT2D eigenvalue weighted by atomic mass is 10.0. The first-order chi connectivity index (χ1) is 14.7. The van der Waals surface area contributed by atoms with Crippen molar-refractivity contribution >= 4 is 11.0 Å². The van der Waals surface area contributed by atoms with Crippen molar-refractivity contribution < 1.29 is 9.84 Å². The standard InChI is InChI=1S/C25H25N3O2/c1-27-17-26-24-10-9-19(12-25(24)27)18-7-4-8-23(11-18)30-16-22(29)15-28-13-20-5-2-3-6-21(20)14-28/h2-12,17,22,29H,13-16H2,1H3/t22-/m1/s1. The van der Waals surface area contributed by atoms with Gasteiger partial charge >= 0.3 is 0 Å². The van der Waals surface area contributed by atoms with E-state index in [-0.39, 0.29) is 6.61 Å². The molecule has 152 valence electrons. The predicted octanol–water partition coefficient (Wildman–Crippen LogP) is 4.00. The van der Waals surface area contributed by atoms with Crippen molar-refractivity contribution in [1.29, 1.82) is 0 Å². The van der Waals surface area contributed by atoms with E-state index in [0.717, 1.165) is 41.0 Å². The molecule has 0 fully saturated rings. The van der Waals surface area contributed by atoms with Gasteiger partial charge in [0, 0.05) is 26.7 Å². The van der Waals surface area contributed by atoms with Crippen LogP contribution in [0.4, 0.5) is 0 Å². The number of nitrogens with zero attached hydrogens (tertiary/aromatic N) is 3. The van der Waals surface area contributed by atoms with Gasteiger partial charge in [0.2, 0.25) is 0 Å². The van der Waals surface area contributed by atoms with Gasteiger partial charge in [-0.15, -0.1) is 0 Å². The maximum Gasteiger partial charge on any atom is 0.120 e. The Morgan fingerprint density at radius 3 is 2.53 bits per heavy atom. The van der Waals surface area contributed by atoms with Gasteiger partial charge in [-0.25, -0.2) is 4.98 Å². The monoisotopic (exact) mass is 399 g/mol. The highest BCUT2D eigenvalue weighted by atomic mass is 16.5. The van der Waals surface area contributed by atoms with Gasteiger partial charge in [0.1, 0.15) is 18.5 Å². The summed E-state index contributed by atoms with van der Waals surface area (Å²) >= 11 is 0. The number of rotatable bonds is 6. The number of hydrogen-bond acceptors (Lipinski definition) is 4. The summed E-state index contributed by atoms with van der Waals surface area (Å²) in [6.07, 6.45) is 1.29. The molecule has 0 bridgehead atoms. The molecule has 5 nitrogen and oxygen atoms in total. The molecule has 1 N–H and O–H groups in total. The summed E-state index contributed by atoms with van der Waals surface area (Å²) in [5.74, 6) is 0.765. The molecule has 0 aliphatic carbocycles. The van der Waals surface area contributed by atoms with Crippen molar-refractivity contribution in [3.05, 3.63) is 84.2 Å². The largest absolute Gasteiger partial charge is 0.491 e. The van der Waals surface area contributed by atoms with E-state index in [9.17, 15) is 5.11 Å². The highest BCUT2D eigenvalue weighted by Gasteiger charge is 2.20. The maximum atomic E-state index is 10.5. The Bertz CT molecular complexity index is 1160. The molecule has 1 aromatic heterocycles. The van der Waals surface area contributed by atoms with E-state index in [4.69, 9.17) is 4.74 Å². The molecule has 1 aliphatic heterocycles. The van der Waals surface area contributed by atoms with E-state index in [0.29, 0.717) is 6.54 Å². The van der Waals surface area contributed by atoms with E-state index in [1.54, 1.807) is 0 Å².